The standard InChI is InChI=1S/C25H22ClN3O4S.C25H22FN3O4S.C25H21FN2O5S.C24H21FN4O4S/c2*1-28-22(8-9-27-28)20-12-18(23(14-21(20)26)29-10-2-3-11-29)15-34(32,33)24-13-17(25(30)31)6-7-19(24)16-4-5-16;1-15-21(13-27-33-15)20-10-18(23(12-22(20)26)28-8-2-3-9-28)14-34(31,32)24-11-17(25(29)30)6-7-19(24)16-4-5-16;1-28-23(26-14-27-28)19-10-17(21(12-20(19)25)29-8-2-3-9-29)13-34(32,33)22-11-16(24(30)31)6-7-18(22)15-4-5-15/h2*2-3,6-14,16H,4-5,15H2,1H3,(H,30,31);2-3,6-13,16H,4-5,14H2,1H3,(H,29,30);2-3,6-12,14-15H,4-5,13H2,1H3,(H,30,31). The number of carboxylic acid groups (broad SMARTS) is 4. The lowest BCUT2D eigenvalue weighted by molar-refractivity contribution is 0.0685. The van der Waals surface area contributed by atoms with Crippen LogP contribution in [0.3, 0.4) is 0 Å². The first kappa shape index (κ1) is 93.2. The molecule has 0 spiro atoms. The van der Waals surface area contributed by atoms with Gasteiger partial charge in [0.2, 0.25) is 0 Å². The smallest absolute Gasteiger partial charge is 0.335 e. The molecule has 8 aromatic heterocycles. The largest absolute Gasteiger partial charge is 0.478 e. The fourth-order valence-electron chi connectivity index (χ4n) is 16.8. The number of nitrogens with zero attached hydrogens (tertiary/aromatic N) is 12. The summed E-state index contributed by atoms with van der Waals surface area (Å²) in [6.45, 7) is 1.65. The Balaban J connectivity index is 0.000000126. The van der Waals surface area contributed by atoms with E-state index in [0.29, 0.717) is 94.9 Å². The molecule has 0 bridgehead atoms. The molecule has 4 aliphatic rings. The van der Waals surface area contributed by atoms with Crippen LogP contribution in [0, 0.1) is 24.4 Å². The zero-order valence-corrected chi connectivity index (χ0v) is 77.2. The monoisotopic (exact) mass is 1930 g/mol. The average Bonchev–Trinajstić information content (AvgIpc) is 1.61. The summed E-state index contributed by atoms with van der Waals surface area (Å²) in [5.41, 5.74) is 8.70. The van der Waals surface area contributed by atoms with Gasteiger partial charge in [0.1, 0.15) is 29.5 Å². The highest BCUT2D eigenvalue weighted by atomic mass is 35.5. The van der Waals surface area contributed by atoms with E-state index in [0.717, 1.165) is 57.1 Å². The molecule has 4 N–H and O–H groups in total. The van der Waals surface area contributed by atoms with Crippen molar-refractivity contribution in [2.45, 2.75) is 125 Å². The number of carboxylic acids is 4. The molecule has 0 saturated heterocycles. The minimum atomic E-state index is -3.97. The van der Waals surface area contributed by atoms with Gasteiger partial charge < -0.3 is 43.2 Å². The molecule has 8 aromatic carbocycles. The maximum Gasteiger partial charge on any atom is 0.335 e. The first-order chi connectivity index (χ1) is 65.0. The lowest BCUT2D eigenvalue weighted by Crippen LogP contribution is -2.12. The SMILES string of the molecule is Cc1oncc1-c1cc(CS(=O)(=O)c2cc(C(=O)O)ccc2C2CC2)c(-n2cccc2)cc1F.Cn1nccc1-c1cc(CS(=O)(=O)c2cc(C(=O)O)ccc2C2CC2)c(-n2cccc2)cc1Cl.Cn1nccc1-c1cc(CS(=O)(=O)c2cc(C(=O)O)ccc2C2CC2)c(-n2cccc2)cc1F.Cn1ncnc1-c1cc(CS(=O)(=O)c2cc(C(=O)O)ccc2C2CC2)c(-n2cccc2)cc1F. The van der Waals surface area contributed by atoms with E-state index in [1.54, 1.807) is 175 Å². The summed E-state index contributed by atoms with van der Waals surface area (Å²) in [7, 11) is -10.7. The van der Waals surface area contributed by atoms with Crippen molar-refractivity contribution in [1.82, 2.24) is 57.8 Å². The zero-order valence-electron chi connectivity index (χ0n) is 73.2. The summed E-state index contributed by atoms with van der Waals surface area (Å²) in [6, 6.07) is 46.9. The molecule has 4 fully saturated rings. The van der Waals surface area contributed by atoms with Crippen molar-refractivity contribution in [3.8, 4) is 67.8 Å². The van der Waals surface area contributed by atoms with Crippen molar-refractivity contribution in [1.29, 1.82) is 0 Å². The minimum absolute atomic E-state index is 0.0119. The second kappa shape index (κ2) is 37.7. The molecule has 0 amide bonds. The first-order valence-corrected chi connectivity index (χ1v) is 49.9. The van der Waals surface area contributed by atoms with Gasteiger partial charge >= 0.3 is 23.9 Å². The van der Waals surface area contributed by atoms with Gasteiger partial charge in [-0.1, -0.05) is 41.0 Å². The molecule has 29 nitrogen and oxygen atoms in total. The third-order valence-corrected chi connectivity index (χ3v) is 31.4. The summed E-state index contributed by atoms with van der Waals surface area (Å²) in [5.74, 6) is -6.79. The summed E-state index contributed by atoms with van der Waals surface area (Å²) >= 11 is 6.63. The Kier molecular flexibility index (Phi) is 25.8. The van der Waals surface area contributed by atoms with E-state index >= 15 is 13.2 Å². The van der Waals surface area contributed by atoms with Crippen LogP contribution < -0.4 is 0 Å². The van der Waals surface area contributed by atoms with Crippen molar-refractivity contribution in [3.63, 3.8) is 0 Å². The van der Waals surface area contributed by atoms with E-state index in [9.17, 15) is 73.3 Å². The van der Waals surface area contributed by atoms with E-state index in [-0.39, 0.29) is 93.8 Å². The van der Waals surface area contributed by atoms with Gasteiger partial charge in [-0.15, -0.1) is 0 Å². The lowest BCUT2D eigenvalue weighted by Gasteiger charge is -2.17. The summed E-state index contributed by atoms with van der Waals surface area (Å²) < 4.78 is 171. The van der Waals surface area contributed by atoms with Crippen LogP contribution in [0.1, 0.15) is 167 Å². The molecule has 8 heterocycles. The maximum absolute atomic E-state index is 15.2. The highest BCUT2D eigenvalue weighted by Gasteiger charge is 2.38. The minimum Gasteiger partial charge on any atom is -0.478 e. The molecule has 4 saturated carbocycles. The number of aromatic carboxylic acids is 4. The number of aryl methyl sites for hydroxylation is 4. The Morgan fingerprint density at radius 1 is 0.375 bits per heavy atom. The van der Waals surface area contributed by atoms with Crippen LogP contribution in [0.15, 0.2) is 281 Å². The second-order valence-corrected chi connectivity index (χ2v) is 42.0. The highest BCUT2D eigenvalue weighted by Crippen LogP contribution is 2.49. The van der Waals surface area contributed by atoms with Crippen LogP contribution in [0.2, 0.25) is 5.02 Å². The van der Waals surface area contributed by atoms with Crippen LogP contribution in [0.25, 0.3) is 67.8 Å². The predicted molar refractivity (Wildman–Crippen MR) is 498 cm³/mol. The van der Waals surface area contributed by atoms with E-state index < -0.39 is 97.9 Å². The van der Waals surface area contributed by atoms with Crippen LogP contribution >= 0.6 is 11.6 Å². The molecule has 20 rings (SSSR count). The predicted octanol–water partition coefficient (Wildman–Crippen LogP) is 18.7. The summed E-state index contributed by atoms with van der Waals surface area (Å²) in [4.78, 5) is 50.4. The molecule has 16 aromatic rings. The van der Waals surface area contributed by atoms with E-state index in [2.05, 4.69) is 25.4 Å². The number of aromatic nitrogens is 12. The number of carbonyl (C=O) groups is 4. The molecule has 0 radical (unpaired) electrons. The zero-order chi connectivity index (χ0) is 96.1. The molecule has 136 heavy (non-hydrogen) atoms. The Morgan fingerprint density at radius 3 is 0.956 bits per heavy atom. The molecule has 0 aliphatic heterocycles. The number of benzene rings is 8. The van der Waals surface area contributed by atoms with Crippen molar-refractivity contribution in [2.75, 3.05) is 0 Å². The molecule has 0 unspecified atom stereocenters. The topological polar surface area (TPSA) is 398 Å². The third kappa shape index (κ3) is 20.0. The molecule has 0 atom stereocenters. The normalized spacial score (nSPS) is 13.8. The van der Waals surface area contributed by atoms with E-state index in [1.807, 2.05) is 35.2 Å². The molecular weight excluding hydrogens is 1850 g/mol. The van der Waals surface area contributed by atoms with Gasteiger partial charge in [-0.05, 0) is 284 Å². The van der Waals surface area contributed by atoms with Gasteiger partial charge in [-0.3, -0.25) is 9.36 Å². The van der Waals surface area contributed by atoms with Gasteiger partial charge in [0.05, 0.1) is 116 Å². The molecular formula is C99H86ClF3N12O17S4. The molecule has 4 aliphatic carbocycles. The molecule has 37 heteroatoms. The molecule has 696 valence electrons. The lowest BCUT2D eigenvalue weighted by atomic mass is 10.0. The number of halogens is 4. The van der Waals surface area contributed by atoms with Gasteiger partial charge in [0.15, 0.2) is 45.2 Å². The fraction of sp³-hybridized carbons (Fsp3) is 0.202. The summed E-state index contributed by atoms with van der Waals surface area (Å²) in [5, 5.41) is 54.2. The van der Waals surface area contributed by atoms with Crippen molar-refractivity contribution < 1.29 is 91.0 Å². The van der Waals surface area contributed by atoms with Gasteiger partial charge in [0.25, 0.3) is 0 Å². The van der Waals surface area contributed by atoms with E-state index in [1.165, 1.54) is 107 Å². The number of sulfone groups is 4. The van der Waals surface area contributed by atoms with Gasteiger partial charge in [-0.2, -0.15) is 15.3 Å². The highest BCUT2D eigenvalue weighted by molar-refractivity contribution is 7.91. The first-order valence-electron chi connectivity index (χ1n) is 42.9. The number of hydrogen-bond donors (Lipinski definition) is 4. The van der Waals surface area contributed by atoms with Crippen molar-refractivity contribution in [2.24, 2.45) is 21.1 Å². The van der Waals surface area contributed by atoms with Crippen LogP contribution in [-0.2, 0) is 83.5 Å². The Labute approximate surface area is 783 Å². The van der Waals surface area contributed by atoms with Gasteiger partial charge in [0, 0.05) is 105 Å². The van der Waals surface area contributed by atoms with Crippen molar-refractivity contribution >= 4 is 74.8 Å². The quantitative estimate of drug-likeness (QED) is 0.0354. The third-order valence-electron chi connectivity index (χ3n) is 24.2. The van der Waals surface area contributed by atoms with Crippen LogP contribution in [0.5, 0.6) is 0 Å². The van der Waals surface area contributed by atoms with E-state index in [4.69, 9.17) is 16.1 Å². The maximum atomic E-state index is 15.2. The summed E-state index contributed by atoms with van der Waals surface area (Å²) in [6.07, 6.45) is 26.7. The van der Waals surface area contributed by atoms with Gasteiger partial charge in [-0.25, -0.2) is 75.7 Å². The van der Waals surface area contributed by atoms with Crippen molar-refractivity contribution in [3.05, 3.63) is 351 Å². The number of hydrogen-bond acceptors (Lipinski definition) is 18. The Bertz CT molecular complexity index is 6940. The number of rotatable bonds is 28. The Hall–Kier alpha value is -14.6. The fourth-order valence-corrected chi connectivity index (χ4v) is 23.8. The Morgan fingerprint density at radius 2 is 0.669 bits per heavy atom. The second-order valence-electron chi connectivity index (χ2n) is 33.8. The van der Waals surface area contributed by atoms with Crippen LogP contribution in [0.4, 0.5) is 13.2 Å². The van der Waals surface area contributed by atoms with Crippen LogP contribution in [-0.4, -0.2) is 136 Å². The average molecular weight is 1940 g/mol.